The van der Waals surface area contributed by atoms with Crippen molar-refractivity contribution < 1.29 is 19.7 Å². The number of hydrogen-bond donors (Lipinski definition) is 3. The van der Waals surface area contributed by atoms with Crippen molar-refractivity contribution in [3.63, 3.8) is 0 Å². The largest absolute Gasteiger partial charge is 0.507 e. The van der Waals surface area contributed by atoms with Crippen LogP contribution in [0.2, 0.25) is 10.0 Å². The molecule has 3 N–H and O–H groups in total. The Bertz CT molecular complexity index is 962. The van der Waals surface area contributed by atoms with Crippen LogP contribution in [-0.4, -0.2) is 15.3 Å². The third-order valence-electron chi connectivity index (χ3n) is 3.21. The van der Waals surface area contributed by atoms with E-state index in [1.807, 2.05) is 0 Å². The Morgan fingerprint density at radius 3 is 2.36 bits per heavy atom. The highest BCUT2D eigenvalue weighted by Gasteiger charge is 2.18. The molecule has 1 heterocycles. The first-order valence-electron chi connectivity index (χ1n) is 6.05. The first-order valence-corrected chi connectivity index (χ1v) is 6.80. The molecule has 3 rings (SSSR count). The summed E-state index contributed by atoms with van der Waals surface area (Å²) in [7, 11) is 0. The van der Waals surface area contributed by atoms with Crippen molar-refractivity contribution in [2.24, 2.45) is 0 Å². The molecule has 0 spiro atoms. The van der Waals surface area contributed by atoms with Gasteiger partial charge >= 0.3 is 0 Å². The molecule has 3 aromatic rings. The molecule has 0 saturated carbocycles. The highest BCUT2D eigenvalue weighted by molar-refractivity contribution is 6.36. The smallest absolute Gasteiger partial charge is 0.204 e. The lowest BCUT2D eigenvalue weighted by Crippen LogP contribution is -2.05. The van der Waals surface area contributed by atoms with Gasteiger partial charge in [-0.3, -0.25) is 4.79 Å². The number of halogens is 2. The van der Waals surface area contributed by atoms with Crippen LogP contribution in [0, 0.1) is 0 Å². The monoisotopic (exact) mass is 338 g/mol. The number of benzene rings is 2. The van der Waals surface area contributed by atoms with Gasteiger partial charge in [-0.15, -0.1) is 0 Å². The minimum absolute atomic E-state index is 0.0740. The molecule has 7 heteroatoms. The van der Waals surface area contributed by atoms with Crippen LogP contribution in [0.3, 0.4) is 0 Å². The van der Waals surface area contributed by atoms with E-state index in [-0.39, 0.29) is 32.3 Å². The van der Waals surface area contributed by atoms with Crippen molar-refractivity contribution in [3.8, 4) is 28.4 Å². The molecule has 0 aliphatic rings. The van der Waals surface area contributed by atoms with Gasteiger partial charge in [-0.2, -0.15) is 0 Å². The summed E-state index contributed by atoms with van der Waals surface area (Å²) in [5.41, 5.74) is -0.117. The minimum Gasteiger partial charge on any atom is -0.507 e. The number of hydrogen-bond acceptors (Lipinski definition) is 5. The van der Waals surface area contributed by atoms with Gasteiger partial charge in [-0.1, -0.05) is 29.3 Å². The molecule has 1 aromatic heterocycles. The number of aromatic hydroxyl groups is 3. The average Bonchev–Trinajstić information content (AvgIpc) is 2.47. The van der Waals surface area contributed by atoms with E-state index in [0.29, 0.717) is 5.56 Å². The topological polar surface area (TPSA) is 90.9 Å². The molecule has 0 unspecified atom stereocenters. The fourth-order valence-corrected chi connectivity index (χ4v) is 2.49. The van der Waals surface area contributed by atoms with E-state index in [1.54, 1.807) is 0 Å². The second-order valence-electron chi connectivity index (χ2n) is 4.58. The van der Waals surface area contributed by atoms with Gasteiger partial charge in [0.2, 0.25) is 5.43 Å². The van der Waals surface area contributed by atoms with Crippen molar-refractivity contribution in [2.45, 2.75) is 0 Å². The van der Waals surface area contributed by atoms with E-state index in [4.69, 9.17) is 27.6 Å². The lowest BCUT2D eigenvalue weighted by Gasteiger charge is -2.07. The third kappa shape index (κ3) is 2.15. The predicted octanol–water partition coefficient (Wildman–Crippen LogP) is 3.88. The molecule has 0 fully saturated rings. The fraction of sp³-hybridized carbons (Fsp3) is 0. The van der Waals surface area contributed by atoms with Gasteiger partial charge in [-0.05, 0) is 17.7 Å². The standard InChI is InChI=1S/C15H8Cl2O5/c16-8-3-6(1-2-9(8)18)7-5-22-15-12(14(7)21)10(19)4-11(20)13(15)17/h1-5,18-20H. The summed E-state index contributed by atoms with van der Waals surface area (Å²) in [5.74, 6) is -0.959. The van der Waals surface area contributed by atoms with E-state index in [1.165, 1.54) is 18.2 Å². The Morgan fingerprint density at radius 1 is 0.955 bits per heavy atom. The van der Waals surface area contributed by atoms with Crippen molar-refractivity contribution >= 4 is 34.2 Å². The molecule has 5 nitrogen and oxygen atoms in total. The van der Waals surface area contributed by atoms with Crippen LogP contribution >= 0.6 is 23.2 Å². The van der Waals surface area contributed by atoms with Crippen molar-refractivity contribution in [3.05, 3.63) is 50.8 Å². The summed E-state index contributed by atoms with van der Waals surface area (Å²) < 4.78 is 5.28. The maximum atomic E-state index is 12.5. The number of phenols is 3. The van der Waals surface area contributed by atoms with Crippen LogP contribution in [0.25, 0.3) is 22.1 Å². The van der Waals surface area contributed by atoms with Crippen LogP contribution < -0.4 is 5.43 Å². The van der Waals surface area contributed by atoms with Gasteiger partial charge in [-0.25, -0.2) is 0 Å². The van der Waals surface area contributed by atoms with Crippen LogP contribution in [0.5, 0.6) is 17.2 Å². The second kappa shape index (κ2) is 5.12. The summed E-state index contributed by atoms with van der Waals surface area (Å²) in [6, 6.07) is 5.19. The number of phenolic OH excluding ortho intramolecular Hbond substituents is 3. The number of rotatable bonds is 1. The van der Waals surface area contributed by atoms with Crippen LogP contribution in [-0.2, 0) is 0 Å². The maximum Gasteiger partial charge on any atom is 0.204 e. The highest BCUT2D eigenvalue weighted by Crippen LogP contribution is 2.37. The molecule has 0 bridgehead atoms. The van der Waals surface area contributed by atoms with Crippen molar-refractivity contribution in [1.82, 2.24) is 0 Å². The van der Waals surface area contributed by atoms with Gasteiger partial charge in [0.25, 0.3) is 0 Å². The second-order valence-corrected chi connectivity index (χ2v) is 5.36. The Kier molecular flexibility index (Phi) is 3.39. The molecule has 0 aliphatic carbocycles. The zero-order chi connectivity index (χ0) is 16.0. The molecule has 0 saturated heterocycles. The summed E-state index contributed by atoms with van der Waals surface area (Å²) in [4.78, 5) is 12.5. The van der Waals surface area contributed by atoms with E-state index < -0.39 is 16.9 Å². The van der Waals surface area contributed by atoms with E-state index in [9.17, 15) is 20.1 Å². The van der Waals surface area contributed by atoms with Crippen molar-refractivity contribution in [2.75, 3.05) is 0 Å². The average molecular weight is 339 g/mol. The van der Waals surface area contributed by atoms with Gasteiger partial charge in [0, 0.05) is 6.07 Å². The Morgan fingerprint density at radius 2 is 1.68 bits per heavy atom. The van der Waals surface area contributed by atoms with Crippen molar-refractivity contribution in [1.29, 1.82) is 0 Å². The summed E-state index contributed by atoms with van der Waals surface area (Å²) >= 11 is 11.7. The first kappa shape index (κ1) is 14.6. The Hall–Kier alpha value is -2.37. The molecule has 2 aromatic carbocycles. The van der Waals surface area contributed by atoms with E-state index >= 15 is 0 Å². The first-order chi connectivity index (χ1) is 10.4. The molecular weight excluding hydrogens is 331 g/mol. The Labute approximate surface area is 133 Å². The zero-order valence-electron chi connectivity index (χ0n) is 10.8. The molecule has 0 atom stereocenters. The molecule has 22 heavy (non-hydrogen) atoms. The van der Waals surface area contributed by atoms with Gasteiger partial charge in [0.05, 0.1) is 10.6 Å². The SMILES string of the molecule is O=c1c(-c2ccc(O)c(Cl)c2)coc2c(Cl)c(O)cc(O)c12. The molecule has 112 valence electrons. The van der Waals surface area contributed by atoms with Crippen LogP contribution in [0.4, 0.5) is 0 Å². The lowest BCUT2D eigenvalue weighted by molar-refractivity contribution is 0.452. The molecule has 0 amide bonds. The van der Waals surface area contributed by atoms with E-state index in [2.05, 4.69) is 0 Å². The number of fused-ring (bicyclic) bond motifs is 1. The Balaban J connectivity index is 2.36. The minimum atomic E-state index is -0.539. The summed E-state index contributed by atoms with van der Waals surface area (Å²) in [6.45, 7) is 0. The molecular formula is C15H8Cl2O5. The highest BCUT2D eigenvalue weighted by atomic mass is 35.5. The van der Waals surface area contributed by atoms with Gasteiger partial charge < -0.3 is 19.7 Å². The fourth-order valence-electron chi connectivity index (χ4n) is 2.12. The molecule has 0 radical (unpaired) electrons. The van der Waals surface area contributed by atoms with Crippen LogP contribution in [0.1, 0.15) is 0 Å². The lowest BCUT2D eigenvalue weighted by atomic mass is 10.0. The molecule has 0 aliphatic heterocycles. The third-order valence-corrected chi connectivity index (χ3v) is 3.87. The normalized spacial score (nSPS) is 11.0. The van der Waals surface area contributed by atoms with Gasteiger partial charge in [0.1, 0.15) is 33.9 Å². The predicted molar refractivity (Wildman–Crippen MR) is 82.9 cm³/mol. The maximum absolute atomic E-state index is 12.5. The summed E-state index contributed by atoms with van der Waals surface area (Å²) in [6.07, 6.45) is 1.15. The zero-order valence-corrected chi connectivity index (χ0v) is 12.3. The quantitative estimate of drug-likeness (QED) is 0.626. The summed E-state index contributed by atoms with van der Waals surface area (Å²) in [5, 5.41) is 28.6. The van der Waals surface area contributed by atoms with Crippen LogP contribution in [0.15, 0.2) is 39.7 Å². The van der Waals surface area contributed by atoms with Gasteiger partial charge in [0.15, 0.2) is 5.58 Å². The van der Waals surface area contributed by atoms with E-state index in [0.717, 1.165) is 12.3 Å².